The largest absolute Gasteiger partial charge is 0.424 e. The molecular formula is C26H22N10O. The maximum Gasteiger partial charge on any atom is 0.292 e. The summed E-state index contributed by atoms with van der Waals surface area (Å²) in [4.78, 5) is 13.2. The van der Waals surface area contributed by atoms with Gasteiger partial charge in [0.05, 0.1) is 35.0 Å². The Morgan fingerprint density at radius 3 is 2.73 bits per heavy atom. The van der Waals surface area contributed by atoms with Crippen LogP contribution in [0.2, 0.25) is 0 Å². The highest BCUT2D eigenvalue weighted by Gasteiger charge is 2.24. The highest BCUT2D eigenvalue weighted by atomic mass is 16.4. The van der Waals surface area contributed by atoms with Crippen molar-refractivity contribution >= 4 is 44.9 Å². The lowest BCUT2D eigenvalue weighted by molar-refractivity contribution is 0.626. The lowest BCUT2D eigenvalue weighted by Crippen LogP contribution is -2.08. The third-order valence-corrected chi connectivity index (χ3v) is 6.72. The summed E-state index contributed by atoms with van der Waals surface area (Å²) in [5.41, 5.74) is 18.7. The molecular weight excluding hydrogens is 468 g/mol. The minimum Gasteiger partial charge on any atom is -0.424 e. The van der Waals surface area contributed by atoms with E-state index in [9.17, 15) is 0 Å². The minimum absolute atomic E-state index is 0.127. The first-order valence-electron chi connectivity index (χ1n) is 11.7. The Morgan fingerprint density at radius 1 is 1.03 bits per heavy atom. The van der Waals surface area contributed by atoms with Crippen molar-refractivity contribution in [3.63, 3.8) is 0 Å². The number of hydrogen-bond acceptors (Lipinski definition) is 8. The predicted octanol–water partition coefficient (Wildman–Crippen LogP) is 4.09. The van der Waals surface area contributed by atoms with E-state index in [0.29, 0.717) is 16.9 Å². The highest BCUT2D eigenvalue weighted by molar-refractivity contribution is 6.02. The summed E-state index contributed by atoms with van der Waals surface area (Å²) >= 11 is 0. The maximum atomic E-state index is 6.39. The first kappa shape index (κ1) is 21.1. The Morgan fingerprint density at radius 2 is 1.89 bits per heavy atom. The Hall–Kier alpha value is -5.19. The first-order chi connectivity index (χ1) is 18.0. The van der Waals surface area contributed by atoms with Gasteiger partial charge in [-0.1, -0.05) is 24.3 Å². The topological polar surface area (TPSA) is 144 Å². The molecule has 5 aromatic heterocycles. The molecule has 7 aromatic rings. The van der Waals surface area contributed by atoms with Gasteiger partial charge in [-0.2, -0.15) is 15.2 Å². The third kappa shape index (κ3) is 3.17. The monoisotopic (exact) mass is 490 g/mol. The van der Waals surface area contributed by atoms with Crippen molar-refractivity contribution in [3.05, 3.63) is 73.1 Å². The zero-order valence-corrected chi connectivity index (χ0v) is 20.1. The van der Waals surface area contributed by atoms with Gasteiger partial charge in [0.15, 0.2) is 5.58 Å². The average molecular weight is 491 g/mol. The van der Waals surface area contributed by atoms with Crippen molar-refractivity contribution in [3.8, 4) is 16.8 Å². The lowest BCUT2D eigenvalue weighted by atomic mass is 10.1. The summed E-state index contributed by atoms with van der Waals surface area (Å²) in [5, 5.41) is 11.2. The fraction of sp³-hybridized carbons (Fsp3) is 0.115. The molecule has 4 N–H and O–H groups in total. The number of nitrogens with zero attached hydrogens (tertiary/aromatic N) is 8. The van der Waals surface area contributed by atoms with Crippen molar-refractivity contribution < 1.29 is 4.42 Å². The van der Waals surface area contributed by atoms with Gasteiger partial charge in [-0.05, 0) is 30.7 Å². The standard InChI is InChI=1S/C26H22N10O/c1-14(23-17-5-3-4-6-20(17)36(33-23)16-10-31-34(2)11-16)35-12-18(22-24(27)29-13-30-25(22)35)15-7-8-21-19(9-15)32-26(28)37-21/h3-14H,1-2H3,(H2,28,32)(H2,27,29,30). The number of aromatic nitrogens is 8. The van der Waals surface area contributed by atoms with Crippen molar-refractivity contribution in [1.82, 2.24) is 39.1 Å². The Labute approximate surface area is 210 Å². The first-order valence-corrected chi connectivity index (χ1v) is 11.7. The number of anilines is 2. The van der Waals surface area contributed by atoms with Crippen molar-refractivity contribution in [2.75, 3.05) is 11.5 Å². The van der Waals surface area contributed by atoms with Crippen LogP contribution in [0.3, 0.4) is 0 Å². The number of nitrogen functional groups attached to an aromatic ring is 2. The summed E-state index contributed by atoms with van der Waals surface area (Å²) in [6.07, 6.45) is 7.27. The number of para-hydroxylation sites is 1. The van der Waals surface area contributed by atoms with Crippen LogP contribution in [-0.4, -0.2) is 39.1 Å². The number of rotatable bonds is 4. The molecule has 1 atom stereocenters. The molecule has 5 heterocycles. The molecule has 37 heavy (non-hydrogen) atoms. The van der Waals surface area contributed by atoms with Crippen LogP contribution in [0.15, 0.2) is 71.8 Å². The molecule has 0 saturated heterocycles. The minimum atomic E-state index is -0.167. The lowest BCUT2D eigenvalue weighted by Gasteiger charge is -2.13. The Kier molecular flexibility index (Phi) is 4.37. The van der Waals surface area contributed by atoms with Gasteiger partial charge in [0, 0.05) is 24.2 Å². The number of nitrogens with two attached hydrogens (primary N) is 2. The van der Waals surface area contributed by atoms with Crippen molar-refractivity contribution in [2.24, 2.45) is 7.05 Å². The molecule has 1 unspecified atom stereocenters. The molecule has 11 nitrogen and oxygen atoms in total. The molecule has 11 heteroatoms. The predicted molar refractivity (Wildman–Crippen MR) is 141 cm³/mol. The molecule has 0 radical (unpaired) electrons. The molecule has 0 aliphatic heterocycles. The highest BCUT2D eigenvalue weighted by Crippen LogP contribution is 2.38. The summed E-state index contributed by atoms with van der Waals surface area (Å²) in [7, 11) is 1.89. The second-order valence-electron chi connectivity index (χ2n) is 9.00. The number of aryl methyl sites for hydroxylation is 1. The van der Waals surface area contributed by atoms with Gasteiger partial charge in [0.2, 0.25) is 0 Å². The smallest absolute Gasteiger partial charge is 0.292 e. The van der Waals surface area contributed by atoms with Gasteiger partial charge in [-0.25, -0.2) is 14.6 Å². The van der Waals surface area contributed by atoms with Crippen LogP contribution in [0, 0.1) is 0 Å². The number of fused-ring (bicyclic) bond motifs is 3. The molecule has 2 aromatic carbocycles. The molecule has 0 amide bonds. The SMILES string of the molecule is CC(c1nn(-c2cnn(C)c2)c2ccccc12)n1cc(-c2ccc3oc(N)nc3c2)c2c(N)ncnc21. The van der Waals surface area contributed by atoms with E-state index in [1.54, 1.807) is 10.9 Å². The number of hydrogen-bond donors (Lipinski definition) is 2. The quantitative estimate of drug-likeness (QED) is 0.375. The normalized spacial score (nSPS) is 12.7. The molecule has 0 saturated carbocycles. The fourth-order valence-electron chi connectivity index (χ4n) is 4.98. The van der Waals surface area contributed by atoms with Crippen LogP contribution in [-0.2, 0) is 7.05 Å². The van der Waals surface area contributed by atoms with E-state index in [1.807, 2.05) is 54.5 Å². The van der Waals surface area contributed by atoms with E-state index >= 15 is 0 Å². The van der Waals surface area contributed by atoms with Gasteiger partial charge in [-0.15, -0.1) is 0 Å². The summed E-state index contributed by atoms with van der Waals surface area (Å²) < 4.78 is 11.2. The average Bonchev–Trinajstić information content (AvgIpc) is 3.66. The molecule has 0 aliphatic carbocycles. The Balaban J connectivity index is 1.43. The zero-order valence-electron chi connectivity index (χ0n) is 20.1. The second kappa shape index (κ2) is 7.65. The van der Waals surface area contributed by atoms with Gasteiger partial charge in [0.1, 0.15) is 29.0 Å². The fourth-order valence-corrected chi connectivity index (χ4v) is 4.98. The third-order valence-electron chi connectivity index (χ3n) is 6.72. The van der Waals surface area contributed by atoms with Crippen LogP contribution < -0.4 is 11.5 Å². The molecule has 0 bridgehead atoms. The van der Waals surface area contributed by atoms with Crippen LogP contribution in [0.5, 0.6) is 0 Å². The second-order valence-corrected chi connectivity index (χ2v) is 9.00. The zero-order chi connectivity index (χ0) is 25.3. The van der Waals surface area contributed by atoms with Gasteiger partial charge >= 0.3 is 0 Å². The number of oxazole rings is 1. The molecule has 0 fully saturated rings. The van der Waals surface area contributed by atoms with E-state index < -0.39 is 0 Å². The molecule has 0 aliphatic rings. The van der Waals surface area contributed by atoms with E-state index in [0.717, 1.165) is 44.4 Å². The molecule has 0 spiro atoms. The van der Waals surface area contributed by atoms with Crippen LogP contribution in [0.4, 0.5) is 11.8 Å². The van der Waals surface area contributed by atoms with Crippen LogP contribution >= 0.6 is 0 Å². The van der Waals surface area contributed by atoms with E-state index in [4.69, 9.17) is 21.0 Å². The van der Waals surface area contributed by atoms with Gasteiger partial charge in [-0.3, -0.25) is 4.68 Å². The Bertz CT molecular complexity index is 1960. The molecule has 7 rings (SSSR count). The van der Waals surface area contributed by atoms with Crippen LogP contribution in [0.1, 0.15) is 18.7 Å². The van der Waals surface area contributed by atoms with Crippen LogP contribution in [0.25, 0.3) is 49.9 Å². The van der Waals surface area contributed by atoms with Crippen molar-refractivity contribution in [2.45, 2.75) is 13.0 Å². The van der Waals surface area contributed by atoms with Gasteiger partial charge in [0.25, 0.3) is 6.01 Å². The van der Waals surface area contributed by atoms with E-state index in [-0.39, 0.29) is 12.1 Å². The van der Waals surface area contributed by atoms with E-state index in [2.05, 4.69) is 43.7 Å². The molecule has 182 valence electrons. The van der Waals surface area contributed by atoms with Crippen molar-refractivity contribution in [1.29, 1.82) is 0 Å². The maximum absolute atomic E-state index is 6.39. The summed E-state index contributed by atoms with van der Waals surface area (Å²) in [6.45, 7) is 2.10. The summed E-state index contributed by atoms with van der Waals surface area (Å²) in [5.74, 6) is 0.400. The number of benzene rings is 2. The van der Waals surface area contributed by atoms with E-state index in [1.165, 1.54) is 6.33 Å². The van der Waals surface area contributed by atoms with Gasteiger partial charge < -0.3 is 20.5 Å². The summed E-state index contributed by atoms with van der Waals surface area (Å²) in [6, 6.07) is 13.9.